The first kappa shape index (κ1) is 17.8. The molecular formula is C16H17F3N2O3. The SMILES string of the molecule is CC(C)C(NC(=O)c1cc2cc(C(F)(F)F)ccc2n1C)C(=O)O. The van der Waals surface area contributed by atoms with Gasteiger partial charge in [-0.15, -0.1) is 0 Å². The third-order valence-corrected chi connectivity index (χ3v) is 3.82. The molecule has 1 aromatic carbocycles. The van der Waals surface area contributed by atoms with Gasteiger partial charge in [0.25, 0.3) is 5.91 Å². The van der Waals surface area contributed by atoms with Crippen LogP contribution in [0.5, 0.6) is 0 Å². The van der Waals surface area contributed by atoms with Crippen molar-refractivity contribution >= 4 is 22.8 Å². The summed E-state index contributed by atoms with van der Waals surface area (Å²) in [6, 6.07) is 3.42. The maximum absolute atomic E-state index is 12.8. The number of aryl methyl sites for hydroxylation is 1. The van der Waals surface area contributed by atoms with Crippen LogP contribution in [0.3, 0.4) is 0 Å². The smallest absolute Gasteiger partial charge is 0.416 e. The molecule has 5 nitrogen and oxygen atoms in total. The van der Waals surface area contributed by atoms with Gasteiger partial charge in [-0.25, -0.2) is 4.79 Å². The van der Waals surface area contributed by atoms with E-state index in [1.165, 1.54) is 23.7 Å². The number of carboxylic acid groups (broad SMARTS) is 1. The second-order valence-corrected chi connectivity index (χ2v) is 5.89. The predicted molar refractivity (Wildman–Crippen MR) is 81.6 cm³/mol. The molecule has 2 rings (SSSR count). The van der Waals surface area contributed by atoms with E-state index < -0.39 is 29.7 Å². The number of nitrogens with one attached hydrogen (secondary N) is 1. The molecule has 8 heteroatoms. The number of rotatable bonds is 4. The Bertz CT molecular complexity index is 794. The number of aliphatic carboxylic acids is 1. The van der Waals surface area contributed by atoms with Gasteiger partial charge in [0, 0.05) is 18.0 Å². The number of alkyl halides is 3. The number of benzene rings is 1. The van der Waals surface area contributed by atoms with Gasteiger partial charge in [-0.1, -0.05) is 13.8 Å². The number of carboxylic acids is 1. The van der Waals surface area contributed by atoms with Crippen molar-refractivity contribution in [2.45, 2.75) is 26.1 Å². The molecule has 0 fully saturated rings. The lowest BCUT2D eigenvalue weighted by Crippen LogP contribution is -2.44. The summed E-state index contributed by atoms with van der Waals surface area (Å²) in [5.74, 6) is -2.15. The van der Waals surface area contributed by atoms with Crippen LogP contribution in [0, 0.1) is 5.92 Å². The van der Waals surface area contributed by atoms with Gasteiger partial charge >= 0.3 is 12.1 Å². The van der Waals surface area contributed by atoms with E-state index >= 15 is 0 Å². The number of aromatic nitrogens is 1. The zero-order valence-corrected chi connectivity index (χ0v) is 13.3. The van der Waals surface area contributed by atoms with Crippen LogP contribution >= 0.6 is 0 Å². The zero-order valence-electron chi connectivity index (χ0n) is 13.3. The van der Waals surface area contributed by atoms with Crippen LogP contribution < -0.4 is 5.32 Å². The first-order chi connectivity index (χ1) is 11.0. The average Bonchev–Trinajstić information content (AvgIpc) is 2.79. The Hall–Kier alpha value is -2.51. The standard InChI is InChI=1S/C16H17F3N2O3/c1-8(2)13(15(23)24)20-14(22)12-7-9-6-10(16(17,18)19)4-5-11(9)21(12)3/h4-8,13H,1-3H3,(H,20,22)(H,23,24). The normalized spacial score (nSPS) is 13.3. The number of halogens is 3. The third kappa shape index (κ3) is 3.37. The van der Waals surface area contributed by atoms with Gasteiger partial charge in [0.15, 0.2) is 0 Å². The Balaban J connectivity index is 2.40. The summed E-state index contributed by atoms with van der Waals surface area (Å²) in [7, 11) is 1.54. The van der Waals surface area contributed by atoms with Gasteiger partial charge in [-0.2, -0.15) is 13.2 Å². The first-order valence-corrected chi connectivity index (χ1v) is 7.22. The van der Waals surface area contributed by atoms with E-state index in [2.05, 4.69) is 5.32 Å². The molecular weight excluding hydrogens is 325 g/mol. The number of fused-ring (bicyclic) bond motifs is 1. The van der Waals surface area contributed by atoms with Gasteiger partial charge in [0.2, 0.25) is 0 Å². The van der Waals surface area contributed by atoms with Crippen molar-refractivity contribution in [3.8, 4) is 0 Å². The molecule has 0 radical (unpaired) electrons. The fourth-order valence-electron chi connectivity index (χ4n) is 2.47. The minimum absolute atomic E-state index is 0.0937. The molecule has 0 saturated heterocycles. The topological polar surface area (TPSA) is 71.3 Å². The van der Waals surface area contributed by atoms with E-state index in [0.717, 1.165) is 12.1 Å². The summed E-state index contributed by atoms with van der Waals surface area (Å²) in [6.45, 7) is 3.30. The molecule has 130 valence electrons. The Morgan fingerprint density at radius 2 is 1.83 bits per heavy atom. The van der Waals surface area contributed by atoms with Crippen LogP contribution in [0.25, 0.3) is 10.9 Å². The van der Waals surface area contributed by atoms with E-state index in [1.54, 1.807) is 13.8 Å². The van der Waals surface area contributed by atoms with Gasteiger partial charge in [0.05, 0.1) is 5.56 Å². The van der Waals surface area contributed by atoms with Crippen LogP contribution in [0.2, 0.25) is 0 Å². The van der Waals surface area contributed by atoms with Crippen LogP contribution in [0.1, 0.15) is 29.9 Å². The number of hydrogen-bond acceptors (Lipinski definition) is 2. The molecule has 1 unspecified atom stereocenters. The van der Waals surface area contributed by atoms with E-state index in [-0.39, 0.29) is 17.0 Å². The molecule has 1 amide bonds. The number of amides is 1. The molecule has 0 aliphatic rings. The van der Waals surface area contributed by atoms with Crippen molar-refractivity contribution in [1.82, 2.24) is 9.88 Å². The molecule has 1 atom stereocenters. The van der Waals surface area contributed by atoms with E-state index in [4.69, 9.17) is 5.11 Å². The van der Waals surface area contributed by atoms with Crippen molar-refractivity contribution in [3.63, 3.8) is 0 Å². The molecule has 0 bridgehead atoms. The van der Waals surface area contributed by atoms with Crippen LogP contribution in [-0.4, -0.2) is 27.6 Å². The summed E-state index contributed by atoms with van der Waals surface area (Å²) >= 11 is 0. The molecule has 0 spiro atoms. The lowest BCUT2D eigenvalue weighted by Gasteiger charge is -2.18. The van der Waals surface area contributed by atoms with Crippen molar-refractivity contribution in [2.24, 2.45) is 13.0 Å². The van der Waals surface area contributed by atoms with Gasteiger partial charge in [-0.3, -0.25) is 4.79 Å². The molecule has 0 aliphatic carbocycles. The summed E-state index contributed by atoms with van der Waals surface area (Å²) in [4.78, 5) is 23.5. The fraction of sp³-hybridized carbons (Fsp3) is 0.375. The minimum atomic E-state index is -4.47. The van der Waals surface area contributed by atoms with E-state index in [0.29, 0.717) is 5.52 Å². The van der Waals surface area contributed by atoms with Gasteiger partial charge in [0.1, 0.15) is 11.7 Å². The molecule has 1 heterocycles. The van der Waals surface area contributed by atoms with Crippen LogP contribution in [0.15, 0.2) is 24.3 Å². The molecule has 0 saturated carbocycles. The molecule has 24 heavy (non-hydrogen) atoms. The van der Waals surface area contributed by atoms with Crippen LogP contribution in [0.4, 0.5) is 13.2 Å². The first-order valence-electron chi connectivity index (χ1n) is 7.22. The maximum atomic E-state index is 12.8. The molecule has 2 aromatic rings. The highest BCUT2D eigenvalue weighted by Gasteiger charge is 2.31. The van der Waals surface area contributed by atoms with Crippen molar-refractivity contribution in [1.29, 1.82) is 0 Å². The van der Waals surface area contributed by atoms with E-state index in [1.807, 2.05) is 0 Å². The third-order valence-electron chi connectivity index (χ3n) is 3.82. The number of carbonyl (C=O) groups is 2. The van der Waals surface area contributed by atoms with Gasteiger partial charge < -0.3 is 15.0 Å². The monoisotopic (exact) mass is 342 g/mol. The summed E-state index contributed by atoms with van der Waals surface area (Å²) in [6.07, 6.45) is -4.47. The summed E-state index contributed by atoms with van der Waals surface area (Å²) < 4.78 is 39.8. The highest BCUT2D eigenvalue weighted by Crippen LogP contribution is 2.32. The Morgan fingerprint density at radius 1 is 1.21 bits per heavy atom. The van der Waals surface area contributed by atoms with E-state index in [9.17, 15) is 22.8 Å². The van der Waals surface area contributed by atoms with Crippen molar-refractivity contribution in [3.05, 3.63) is 35.5 Å². The fourth-order valence-corrected chi connectivity index (χ4v) is 2.47. The summed E-state index contributed by atoms with van der Waals surface area (Å²) in [5.41, 5.74) is -0.265. The van der Waals surface area contributed by atoms with Crippen molar-refractivity contribution in [2.75, 3.05) is 0 Å². The molecule has 2 N–H and O–H groups in total. The quantitative estimate of drug-likeness (QED) is 0.897. The summed E-state index contributed by atoms with van der Waals surface area (Å²) in [5, 5.41) is 11.8. The minimum Gasteiger partial charge on any atom is -0.480 e. The highest BCUT2D eigenvalue weighted by molar-refractivity contribution is 6.00. The van der Waals surface area contributed by atoms with Crippen LogP contribution in [-0.2, 0) is 18.0 Å². The molecule has 1 aromatic heterocycles. The Labute approximate surface area is 136 Å². The number of nitrogens with zero attached hydrogens (tertiary/aromatic N) is 1. The molecule has 0 aliphatic heterocycles. The van der Waals surface area contributed by atoms with Crippen molar-refractivity contribution < 1.29 is 27.9 Å². The predicted octanol–water partition coefficient (Wildman–Crippen LogP) is 3.04. The maximum Gasteiger partial charge on any atom is 0.416 e. The largest absolute Gasteiger partial charge is 0.480 e. The lowest BCUT2D eigenvalue weighted by molar-refractivity contribution is -0.140. The Morgan fingerprint density at radius 3 is 2.33 bits per heavy atom. The zero-order chi connectivity index (χ0) is 18.2. The highest BCUT2D eigenvalue weighted by atomic mass is 19.4. The second-order valence-electron chi connectivity index (χ2n) is 5.89. The number of hydrogen-bond donors (Lipinski definition) is 2. The lowest BCUT2D eigenvalue weighted by atomic mass is 10.0. The average molecular weight is 342 g/mol. The Kier molecular flexibility index (Phi) is 4.59. The number of carbonyl (C=O) groups excluding carboxylic acids is 1. The van der Waals surface area contributed by atoms with Gasteiger partial charge in [-0.05, 0) is 30.2 Å². The second kappa shape index (κ2) is 6.18.